The van der Waals surface area contributed by atoms with Crippen LogP contribution in [0.4, 0.5) is 4.39 Å². The number of aliphatic hydroxyl groups is 1. The van der Waals surface area contributed by atoms with Gasteiger partial charge in [-0.15, -0.1) is 0 Å². The molecule has 1 saturated heterocycles. The molecule has 1 aliphatic rings. The molecular formula is C18H28FN3O2. The van der Waals surface area contributed by atoms with Crippen molar-refractivity contribution in [2.24, 2.45) is 0 Å². The van der Waals surface area contributed by atoms with E-state index in [1.54, 1.807) is 12.1 Å². The van der Waals surface area contributed by atoms with Crippen molar-refractivity contribution >= 4 is 5.91 Å². The summed E-state index contributed by atoms with van der Waals surface area (Å²) >= 11 is 0. The minimum absolute atomic E-state index is 0.0733. The molecule has 0 bridgehead atoms. The van der Waals surface area contributed by atoms with E-state index in [2.05, 4.69) is 22.0 Å². The van der Waals surface area contributed by atoms with E-state index in [1.807, 2.05) is 6.92 Å². The maximum absolute atomic E-state index is 12.9. The van der Waals surface area contributed by atoms with Gasteiger partial charge in [-0.25, -0.2) is 4.39 Å². The first-order valence-corrected chi connectivity index (χ1v) is 8.65. The summed E-state index contributed by atoms with van der Waals surface area (Å²) in [6, 6.07) is 6.19. The summed E-state index contributed by atoms with van der Waals surface area (Å²) in [5.74, 6) is -0.223. The molecule has 0 radical (unpaired) electrons. The van der Waals surface area contributed by atoms with Crippen LogP contribution < -0.4 is 5.32 Å². The fraction of sp³-hybridized carbons (Fsp3) is 0.611. The van der Waals surface area contributed by atoms with Crippen molar-refractivity contribution in [2.75, 3.05) is 39.3 Å². The van der Waals surface area contributed by atoms with Crippen LogP contribution in [0.25, 0.3) is 0 Å². The number of amides is 1. The number of aliphatic hydroxyl groups excluding tert-OH is 1. The van der Waals surface area contributed by atoms with Crippen molar-refractivity contribution in [3.8, 4) is 0 Å². The Morgan fingerprint density at radius 2 is 1.79 bits per heavy atom. The molecule has 2 atom stereocenters. The van der Waals surface area contributed by atoms with Crippen LogP contribution in [0, 0.1) is 5.82 Å². The van der Waals surface area contributed by atoms with Gasteiger partial charge in [0.25, 0.3) is 0 Å². The van der Waals surface area contributed by atoms with Gasteiger partial charge in [0.1, 0.15) is 5.82 Å². The minimum atomic E-state index is -0.620. The third-order valence-electron chi connectivity index (χ3n) is 4.54. The third kappa shape index (κ3) is 5.85. The number of benzene rings is 1. The van der Waals surface area contributed by atoms with Gasteiger partial charge in [0.05, 0.1) is 12.6 Å². The Kier molecular flexibility index (Phi) is 7.15. The second-order valence-corrected chi connectivity index (χ2v) is 6.52. The maximum atomic E-state index is 12.9. The van der Waals surface area contributed by atoms with E-state index in [0.717, 1.165) is 38.2 Å². The van der Waals surface area contributed by atoms with Crippen molar-refractivity contribution < 1.29 is 14.3 Å². The van der Waals surface area contributed by atoms with Gasteiger partial charge in [0, 0.05) is 38.8 Å². The molecule has 6 heteroatoms. The summed E-state index contributed by atoms with van der Waals surface area (Å²) in [5.41, 5.74) is 0.728. The van der Waals surface area contributed by atoms with Crippen LogP contribution in [-0.4, -0.2) is 66.1 Å². The quantitative estimate of drug-likeness (QED) is 0.790. The standard InChI is InChI=1S/C18H28FN3O2/c1-3-14(2)20-18(24)13-22-10-8-21(9-11-22)12-17(23)15-4-6-16(19)7-5-15/h4-7,14,17,23H,3,8-13H2,1-2H3,(H,20,24). The van der Waals surface area contributed by atoms with E-state index in [0.29, 0.717) is 13.1 Å². The Morgan fingerprint density at radius 1 is 1.21 bits per heavy atom. The first-order chi connectivity index (χ1) is 11.5. The summed E-state index contributed by atoms with van der Waals surface area (Å²) in [5, 5.41) is 13.2. The highest BCUT2D eigenvalue weighted by molar-refractivity contribution is 5.78. The third-order valence-corrected chi connectivity index (χ3v) is 4.54. The van der Waals surface area contributed by atoms with E-state index in [4.69, 9.17) is 0 Å². The zero-order chi connectivity index (χ0) is 17.5. The highest BCUT2D eigenvalue weighted by atomic mass is 19.1. The highest BCUT2D eigenvalue weighted by Crippen LogP contribution is 2.16. The number of rotatable bonds is 7. The van der Waals surface area contributed by atoms with Crippen molar-refractivity contribution in [3.05, 3.63) is 35.6 Å². The molecule has 2 unspecified atom stereocenters. The Hall–Kier alpha value is -1.50. The number of carbonyl (C=O) groups excluding carboxylic acids is 1. The van der Waals surface area contributed by atoms with Gasteiger partial charge in [-0.2, -0.15) is 0 Å². The fourth-order valence-electron chi connectivity index (χ4n) is 2.79. The maximum Gasteiger partial charge on any atom is 0.234 e. The number of hydrogen-bond acceptors (Lipinski definition) is 4. The lowest BCUT2D eigenvalue weighted by molar-refractivity contribution is -0.123. The molecule has 2 N–H and O–H groups in total. The van der Waals surface area contributed by atoms with Crippen LogP contribution in [0.1, 0.15) is 31.9 Å². The van der Waals surface area contributed by atoms with E-state index in [1.165, 1.54) is 12.1 Å². The highest BCUT2D eigenvalue weighted by Gasteiger charge is 2.21. The summed E-state index contributed by atoms with van der Waals surface area (Å²) in [6.07, 6.45) is 0.312. The Labute approximate surface area is 143 Å². The van der Waals surface area contributed by atoms with Crippen molar-refractivity contribution in [3.63, 3.8) is 0 Å². The molecule has 1 aliphatic heterocycles. The van der Waals surface area contributed by atoms with Crippen LogP contribution >= 0.6 is 0 Å². The van der Waals surface area contributed by atoms with Crippen LogP contribution in [0.3, 0.4) is 0 Å². The summed E-state index contributed by atoms with van der Waals surface area (Å²) in [7, 11) is 0. The zero-order valence-electron chi connectivity index (χ0n) is 14.5. The largest absolute Gasteiger partial charge is 0.387 e. The number of carbonyl (C=O) groups is 1. The molecule has 0 spiro atoms. The van der Waals surface area contributed by atoms with E-state index in [-0.39, 0.29) is 17.8 Å². The molecule has 0 aromatic heterocycles. The average Bonchev–Trinajstić information content (AvgIpc) is 2.57. The van der Waals surface area contributed by atoms with Crippen LogP contribution in [-0.2, 0) is 4.79 Å². The summed E-state index contributed by atoms with van der Waals surface area (Å²) in [4.78, 5) is 16.2. The SMILES string of the molecule is CCC(C)NC(=O)CN1CCN(CC(O)c2ccc(F)cc2)CC1. The second-order valence-electron chi connectivity index (χ2n) is 6.52. The Bertz CT molecular complexity index is 516. The summed E-state index contributed by atoms with van der Waals surface area (Å²) in [6.45, 7) is 8.26. The van der Waals surface area contributed by atoms with Crippen molar-refractivity contribution in [2.45, 2.75) is 32.4 Å². The number of halogens is 1. The van der Waals surface area contributed by atoms with Gasteiger partial charge in [-0.3, -0.25) is 14.6 Å². The molecule has 5 nitrogen and oxygen atoms in total. The molecular weight excluding hydrogens is 309 g/mol. The zero-order valence-corrected chi connectivity index (χ0v) is 14.5. The van der Waals surface area contributed by atoms with E-state index >= 15 is 0 Å². The normalized spacial score (nSPS) is 19.0. The molecule has 0 aliphatic carbocycles. The molecule has 1 aromatic rings. The number of β-amino-alcohol motifs (C(OH)–C–C–N with tert-alkyl or cyclic N) is 1. The molecule has 2 rings (SSSR count). The van der Waals surface area contributed by atoms with Crippen molar-refractivity contribution in [1.82, 2.24) is 15.1 Å². The predicted octanol–water partition coefficient (Wildman–Crippen LogP) is 1.39. The van der Waals surface area contributed by atoms with Crippen LogP contribution in [0.15, 0.2) is 24.3 Å². The first kappa shape index (κ1) is 18.8. The Balaban J connectivity index is 1.72. The lowest BCUT2D eigenvalue weighted by atomic mass is 10.1. The second kappa shape index (κ2) is 9.11. The molecule has 1 fully saturated rings. The molecule has 0 saturated carbocycles. The Morgan fingerprint density at radius 3 is 2.38 bits per heavy atom. The predicted molar refractivity (Wildman–Crippen MR) is 92.1 cm³/mol. The van der Waals surface area contributed by atoms with Gasteiger partial charge in [-0.05, 0) is 31.0 Å². The number of nitrogens with zero attached hydrogens (tertiary/aromatic N) is 2. The molecule has 134 valence electrons. The lowest BCUT2D eigenvalue weighted by Gasteiger charge is -2.35. The fourth-order valence-corrected chi connectivity index (χ4v) is 2.79. The van der Waals surface area contributed by atoms with Gasteiger partial charge in [0.15, 0.2) is 0 Å². The molecule has 1 amide bonds. The number of hydrogen-bond donors (Lipinski definition) is 2. The topological polar surface area (TPSA) is 55.8 Å². The van der Waals surface area contributed by atoms with Crippen LogP contribution in [0.2, 0.25) is 0 Å². The van der Waals surface area contributed by atoms with Crippen molar-refractivity contribution in [1.29, 1.82) is 0 Å². The molecule has 1 aromatic carbocycles. The average molecular weight is 337 g/mol. The van der Waals surface area contributed by atoms with E-state index < -0.39 is 6.10 Å². The van der Waals surface area contributed by atoms with Gasteiger partial charge in [0.2, 0.25) is 5.91 Å². The lowest BCUT2D eigenvalue weighted by Crippen LogP contribution is -2.50. The monoisotopic (exact) mass is 337 g/mol. The molecule has 24 heavy (non-hydrogen) atoms. The number of nitrogens with one attached hydrogen (secondary N) is 1. The van der Waals surface area contributed by atoms with Gasteiger partial charge >= 0.3 is 0 Å². The van der Waals surface area contributed by atoms with E-state index in [9.17, 15) is 14.3 Å². The van der Waals surface area contributed by atoms with Gasteiger partial charge in [-0.1, -0.05) is 19.1 Å². The first-order valence-electron chi connectivity index (χ1n) is 8.65. The van der Waals surface area contributed by atoms with Crippen LogP contribution in [0.5, 0.6) is 0 Å². The van der Waals surface area contributed by atoms with Gasteiger partial charge < -0.3 is 10.4 Å². The molecule has 1 heterocycles. The summed E-state index contributed by atoms with van der Waals surface area (Å²) < 4.78 is 12.9. The minimum Gasteiger partial charge on any atom is -0.387 e. The smallest absolute Gasteiger partial charge is 0.234 e. The number of piperazine rings is 1.